The van der Waals surface area contributed by atoms with Crippen LogP contribution >= 0.6 is 0 Å². The van der Waals surface area contributed by atoms with Gasteiger partial charge in [0.25, 0.3) is 0 Å². The monoisotopic (exact) mass is 302 g/mol. The zero-order chi connectivity index (χ0) is 8.93. The van der Waals surface area contributed by atoms with Crippen LogP contribution in [-0.2, 0) is 0 Å². The van der Waals surface area contributed by atoms with Crippen molar-refractivity contribution < 1.29 is 17.0 Å². The Morgan fingerprint density at radius 2 is 0.929 bits per heavy atom. The van der Waals surface area contributed by atoms with Gasteiger partial charge in [-0.3, -0.25) is 0 Å². The fraction of sp³-hybridized carbons (Fsp3) is 0. The summed E-state index contributed by atoms with van der Waals surface area (Å²) in [5.74, 6) is 0. The van der Waals surface area contributed by atoms with E-state index >= 15 is 0 Å². The third kappa shape index (κ3) is 3.37. The number of halogens is 1. The predicted molar refractivity (Wildman–Crippen MR) is 57.9 cm³/mol. The zero-order valence-corrected chi connectivity index (χ0v) is 11.7. The second-order valence-electron chi connectivity index (χ2n) is 2.97. The van der Waals surface area contributed by atoms with Crippen LogP contribution in [0.25, 0.3) is 0 Å². The third-order valence-corrected chi connectivity index (χ3v) is 4.95. The number of hydrogen-bond donors (Lipinski definition) is 0. The van der Waals surface area contributed by atoms with Crippen molar-refractivity contribution in [3.05, 3.63) is 60.7 Å². The van der Waals surface area contributed by atoms with Crippen molar-refractivity contribution in [3.8, 4) is 0 Å². The standard InChI is InChI=1S/2C6H5.BrH.Ga/c2*1-2-4-6-5-3-1;;/h2*1-5H;1H;/q;;;+1/p-1. The minimum atomic E-state index is -0.392. The van der Waals surface area contributed by atoms with Gasteiger partial charge >= 0.3 is 86.3 Å². The van der Waals surface area contributed by atoms with E-state index in [1.165, 1.54) is 8.24 Å². The summed E-state index contributed by atoms with van der Waals surface area (Å²) < 4.78 is 3.05. The second kappa shape index (κ2) is 6.12. The summed E-state index contributed by atoms with van der Waals surface area (Å²) in [7, 11) is 0. The van der Waals surface area contributed by atoms with Gasteiger partial charge in [0.05, 0.1) is 0 Å². The van der Waals surface area contributed by atoms with Crippen molar-refractivity contribution >= 4 is 25.6 Å². The molecule has 0 heterocycles. The number of benzene rings is 2. The van der Waals surface area contributed by atoms with Crippen molar-refractivity contribution in [1.29, 1.82) is 0 Å². The van der Waals surface area contributed by atoms with Gasteiger partial charge in [0.15, 0.2) is 0 Å². The average molecular weight is 304 g/mol. The van der Waals surface area contributed by atoms with Gasteiger partial charge in [-0.05, 0) is 0 Å². The van der Waals surface area contributed by atoms with E-state index in [1.807, 2.05) is 0 Å². The van der Waals surface area contributed by atoms with E-state index < -0.39 is 17.4 Å². The molecule has 0 unspecified atom stereocenters. The van der Waals surface area contributed by atoms with Crippen molar-refractivity contribution in [2.45, 2.75) is 0 Å². The van der Waals surface area contributed by atoms with Crippen LogP contribution in [-0.4, -0.2) is 17.4 Å². The maximum atomic E-state index is 2.23. The van der Waals surface area contributed by atoms with Gasteiger partial charge in [-0.1, -0.05) is 0 Å². The first kappa shape index (κ1) is 11.6. The molecule has 0 saturated heterocycles. The molecule has 0 aromatic heterocycles. The fourth-order valence-corrected chi connectivity index (χ4v) is 3.84. The molecular formula is C12H10BrGa. The Bertz CT molecular complexity index is 321. The van der Waals surface area contributed by atoms with Crippen molar-refractivity contribution in [1.82, 2.24) is 0 Å². The van der Waals surface area contributed by atoms with Crippen LogP contribution in [0.5, 0.6) is 0 Å². The van der Waals surface area contributed by atoms with Crippen LogP contribution in [0.4, 0.5) is 0 Å². The number of hydrogen-bond acceptors (Lipinski definition) is 0. The fourth-order valence-electron chi connectivity index (χ4n) is 1.29. The zero-order valence-electron chi connectivity index (χ0n) is 7.73. The summed E-state index contributed by atoms with van der Waals surface area (Å²) in [4.78, 5) is 0. The molecule has 0 radical (unpaired) electrons. The van der Waals surface area contributed by atoms with Crippen molar-refractivity contribution in [3.63, 3.8) is 0 Å². The van der Waals surface area contributed by atoms with Gasteiger partial charge in [-0.15, -0.1) is 0 Å². The Balaban J connectivity index is 0.000000980. The molecule has 14 heavy (non-hydrogen) atoms. The van der Waals surface area contributed by atoms with Gasteiger partial charge in [-0.2, -0.15) is 0 Å². The quantitative estimate of drug-likeness (QED) is 0.583. The van der Waals surface area contributed by atoms with E-state index in [0.717, 1.165) is 0 Å². The van der Waals surface area contributed by atoms with E-state index in [9.17, 15) is 0 Å². The molecule has 0 bridgehead atoms. The third-order valence-electron chi connectivity index (χ3n) is 1.93. The molecule has 0 saturated carbocycles. The van der Waals surface area contributed by atoms with Crippen molar-refractivity contribution in [2.24, 2.45) is 0 Å². The van der Waals surface area contributed by atoms with Gasteiger partial charge in [-0.25, -0.2) is 0 Å². The number of rotatable bonds is 2. The molecule has 2 aromatic carbocycles. The van der Waals surface area contributed by atoms with Gasteiger partial charge in [0.1, 0.15) is 0 Å². The van der Waals surface area contributed by atoms with E-state index in [4.69, 9.17) is 0 Å². The molecule has 0 aliphatic heterocycles. The van der Waals surface area contributed by atoms with E-state index in [1.54, 1.807) is 0 Å². The van der Waals surface area contributed by atoms with Crippen LogP contribution < -0.4 is 25.2 Å². The summed E-state index contributed by atoms with van der Waals surface area (Å²) in [6.07, 6.45) is 0. The summed E-state index contributed by atoms with van der Waals surface area (Å²) in [5, 5.41) is 0. The van der Waals surface area contributed by atoms with E-state index in [-0.39, 0.29) is 17.0 Å². The molecule has 0 atom stereocenters. The van der Waals surface area contributed by atoms with Gasteiger partial charge in [0, 0.05) is 0 Å². The summed E-state index contributed by atoms with van der Waals surface area (Å²) in [6, 6.07) is 21.5. The van der Waals surface area contributed by atoms with E-state index in [2.05, 4.69) is 60.7 Å². The molecule has 68 valence electrons. The molecule has 0 fully saturated rings. The molecule has 2 heteroatoms. The Kier molecular flexibility index (Phi) is 5.08. The molecule has 2 rings (SSSR count). The molecule has 0 aliphatic rings. The van der Waals surface area contributed by atoms with E-state index in [0.29, 0.717) is 0 Å². The van der Waals surface area contributed by atoms with Gasteiger partial charge < -0.3 is 17.0 Å². The van der Waals surface area contributed by atoms with Crippen molar-refractivity contribution in [2.75, 3.05) is 0 Å². The molecular weight excluding hydrogens is 294 g/mol. The topological polar surface area (TPSA) is 0 Å². The van der Waals surface area contributed by atoms with Crippen LogP contribution in [0.1, 0.15) is 0 Å². The Morgan fingerprint density at radius 3 is 1.29 bits per heavy atom. The maximum absolute atomic E-state index is 2.23. The summed E-state index contributed by atoms with van der Waals surface area (Å²) >= 11 is -0.392. The predicted octanol–water partition coefficient (Wildman–Crippen LogP) is -1.65. The normalized spacial score (nSPS) is 8.57. The molecule has 0 nitrogen and oxygen atoms in total. The molecule has 0 N–H and O–H groups in total. The van der Waals surface area contributed by atoms with Crippen LogP contribution in [0, 0.1) is 0 Å². The van der Waals surface area contributed by atoms with Gasteiger partial charge in [0.2, 0.25) is 0 Å². The SMILES string of the molecule is [Br-].c1cc[c]([Ga+][c]2ccccc2)cc1. The molecule has 0 spiro atoms. The van der Waals surface area contributed by atoms with Crippen LogP contribution in [0.2, 0.25) is 0 Å². The Hall–Kier alpha value is -0.444. The first-order valence-corrected chi connectivity index (χ1v) is 6.82. The second-order valence-corrected chi connectivity index (χ2v) is 6.37. The van der Waals surface area contributed by atoms with Crippen LogP contribution in [0.15, 0.2) is 60.7 Å². The molecule has 2 aromatic rings. The Labute approximate surface area is 103 Å². The summed E-state index contributed by atoms with van der Waals surface area (Å²) in [6.45, 7) is 0. The first-order chi connectivity index (χ1) is 6.45. The molecule has 0 aliphatic carbocycles. The average Bonchev–Trinajstić information content (AvgIpc) is 2.21. The first-order valence-electron chi connectivity index (χ1n) is 4.40. The minimum absolute atomic E-state index is 0. The Morgan fingerprint density at radius 1 is 0.571 bits per heavy atom. The summed E-state index contributed by atoms with van der Waals surface area (Å²) in [5.41, 5.74) is 0. The molecule has 0 amide bonds. The van der Waals surface area contributed by atoms with Crippen LogP contribution in [0.3, 0.4) is 0 Å².